The van der Waals surface area contributed by atoms with Crippen LogP contribution in [-0.4, -0.2) is 43.0 Å². The third kappa shape index (κ3) is 4.98. The van der Waals surface area contributed by atoms with E-state index < -0.39 is 15.4 Å². The molecule has 1 aliphatic rings. The highest BCUT2D eigenvalue weighted by Crippen LogP contribution is 2.27. The molecule has 1 amide bonds. The molecule has 31 heavy (non-hydrogen) atoms. The lowest BCUT2D eigenvalue weighted by molar-refractivity contribution is -0.0799. The fraction of sp³-hybridized carbons (Fsp3) is 0.208. The summed E-state index contributed by atoms with van der Waals surface area (Å²) in [4.78, 5) is 14.5. The molecule has 1 heterocycles. The second-order valence-electron chi connectivity index (χ2n) is 7.96. The summed E-state index contributed by atoms with van der Waals surface area (Å²) < 4.78 is 25.2. The van der Waals surface area contributed by atoms with Crippen LogP contribution in [-0.2, 0) is 22.0 Å². The molecule has 0 aromatic heterocycles. The molecule has 0 spiro atoms. The number of carbonyl (C=O) groups is 1. The zero-order valence-corrected chi connectivity index (χ0v) is 18.3. The standard InChI is InChI=1S/C24H22ClNO4S/c25-21-7-4-8-22(13-21)31(29,30)15-19-9-11-20(12-10-19)23(27)26-16-24(28,17-26)14-18-5-2-1-3-6-18/h1-13,28H,14-17H2. The zero-order chi connectivity index (χ0) is 22.1. The van der Waals surface area contributed by atoms with Crippen molar-refractivity contribution in [2.75, 3.05) is 13.1 Å². The number of hydrogen-bond donors (Lipinski definition) is 1. The first-order valence-corrected chi connectivity index (χ1v) is 11.9. The molecule has 0 radical (unpaired) electrons. The molecule has 3 aromatic carbocycles. The molecule has 5 nitrogen and oxygen atoms in total. The highest BCUT2D eigenvalue weighted by molar-refractivity contribution is 7.90. The second kappa shape index (κ2) is 8.46. The summed E-state index contributed by atoms with van der Waals surface area (Å²) in [6, 6.07) is 22.4. The van der Waals surface area contributed by atoms with Gasteiger partial charge in [-0.3, -0.25) is 4.79 Å². The number of hydrogen-bond acceptors (Lipinski definition) is 4. The molecule has 1 saturated heterocycles. The number of likely N-dealkylation sites (tertiary alicyclic amines) is 1. The van der Waals surface area contributed by atoms with Crippen LogP contribution in [0.3, 0.4) is 0 Å². The van der Waals surface area contributed by atoms with E-state index in [9.17, 15) is 18.3 Å². The van der Waals surface area contributed by atoms with Crippen LogP contribution in [0.1, 0.15) is 21.5 Å². The molecular weight excluding hydrogens is 434 g/mol. The van der Waals surface area contributed by atoms with Crippen molar-refractivity contribution in [1.82, 2.24) is 4.90 Å². The maximum atomic E-state index is 12.7. The van der Waals surface area contributed by atoms with Crippen LogP contribution in [0.5, 0.6) is 0 Å². The predicted molar refractivity (Wildman–Crippen MR) is 120 cm³/mol. The van der Waals surface area contributed by atoms with Crippen molar-refractivity contribution in [2.24, 2.45) is 0 Å². The highest BCUT2D eigenvalue weighted by Gasteiger charge is 2.43. The number of rotatable bonds is 6. The minimum Gasteiger partial charge on any atom is -0.386 e. The topological polar surface area (TPSA) is 74.7 Å². The smallest absolute Gasteiger partial charge is 0.254 e. The maximum Gasteiger partial charge on any atom is 0.254 e. The summed E-state index contributed by atoms with van der Waals surface area (Å²) in [5.74, 6) is -0.357. The third-order valence-corrected chi connectivity index (χ3v) is 7.27. The zero-order valence-electron chi connectivity index (χ0n) is 16.7. The molecule has 3 aromatic rings. The van der Waals surface area contributed by atoms with E-state index in [-0.39, 0.29) is 29.6 Å². The Balaban J connectivity index is 1.38. The van der Waals surface area contributed by atoms with Gasteiger partial charge in [-0.1, -0.05) is 60.1 Å². The van der Waals surface area contributed by atoms with Crippen LogP contribution >= 0.6 is 11.6 Å². The van der Waals surface area contributed by atoms with Gasteiger partial charge in [-0.05, 0) is 41.5 Å². The van der Waals surface area contributed by atoms with Gasteiger partial charge in [0.1, 0.15) is 5.60 Å². The van der Waals surface area contributed by atoms with Gasteiger partial charge in [0, 0.05) is 17.0 Å². The first kappa shape index (κ1) is 21.6. The normalized spacial score (nSPS) is 15.4. The van der Waals surface area contributed by atoms with Crippen LogP contribution in [0, 0.1) is 0 Å². The molecule has 0 aliphatic carbocycles. The molecule has 0 bridgehead atoms. The largest absolute Gasteiger partial charge is 0.386 e. The van der Waals surface area contributed by atoms with Crippen molar-refractivity contribution < 1.29 is 18.3 Å². The van der Waals surface area contributed by atoms with E-state index in [2.05, 4.69) is 0 Å². The molecule has 160 valence electrons. The van der Waals surface area contributed by atoms with Gasteiger partial charge in [0.25, 0.3) is 5.91 Å². The van der Waals surface area contributed by atoms with E-state index in [1.807, 2.05) is 30.3 Å². The molecule has 1 N–H and O–H groups in total. The van der Waals surface area contributed by atoms with Gasteiger partial charge in [0.15, 0.2) is 9.84 Å². The van der Waals surface area contributed by atoms with Gasteiger partial charge in [0.2, 0.25) is 0 Å². The van der Waals surface area contributed by atoms with Crippen LogP contribution in [0.25, 0.3) is 0 Å². The summed E-state index contributed by atoms with van der Waals surface area (Å²) in [5, 5.41) is 11.0. The summed E-state index contributed by atoms with van der Waals surface area (Å²) in [6.07, 6.45) is 0.498. The fourth-order valence-corrected chi connectivity index (χ4v) is 5.43. The Kier molecular flexibility index (Phi) is 5.88. The number of β-amino-alcohol motifs (C(OH)–C–C–N with tert-alkyl or cyclic N) is 1. The van der Waals surface area contributed by atoms with E-state index in [0.29, 0.717) is 22.6 Å². The Hall–Kier alpha value is -2.67. The molecule has 0 saturated carbocycles. The van der Waals surface area contributed by atoms with E-state index in [4.69, 9.17) is 11.6 Å². The van der Waals surface area contributed by atoms with Crippen molar-refractivity contribution in [1.29, 1.82) is 0 Å². The van der Waals surface area contributed by atoms with E-state index in [0.717, 1.165) is 5.56 Å². The number of benzene rings is 3. The molecule has 1 fully saturated rings. The Morgan fingerprint density at radius 2 is 1.61 bits per heavy atom. The van der Waals surface area contributed by atoms with Gasteiger partial charge in [-0.2, -0.15) is 0 Å². The molecule has 1 aliphatic heterocycles. The van der Waals surface area contributed by atoms with Gasteiger partial charge in [0.05, 0.1) is 23.7 Å². The number of carbonyl (C=O) groups excluding carboxylic acids is 1. The van der Waals surface area contributed by atoms with Gasteiger partial charge < -0.3 is 10.0 Å². The summed E-state index contributed by atoms with van der Waals surface area (Å²) in [5.41, 5.74) is 1.16. The van der Waals surface area contributed by atoms with Crippen molar-refractivity contribution in [2.45, 2.75) is 22.7 Å². The van der Waals surface area contributed by atoms with Gasteiger partial charge in [-0.25, -0.2) is 8.42 Å². The Labute approximate surface area is 186 Å². The van der Waals surface area contributed by atoms with Crippen molar-refractivity contribution in [3.05, 3.63) is 101 Å². The fourth-order valence-electron chi connectivity index (χ4n) is 3.78. The van der Waals surface area contributed by atoms with Crippen molar-refractivity contribution in [3.63, 3.8) is 0 Å². The quantitative estimate of drug-likeness (QED) is 0.614. The molecular formula is C24H22ClNO4S. The SMILES string of the molecule is O=C(c1ccc(CS(=O)(=O)c2cccc(Cl)c2)cc1)N1CC(O)(Cc2ccccc2)C1. The average molecular weight is 456 g/mol. The van der Waals surface area contributed by atoms with Crippen molar-refractivity contribution >= 4 is 27.3 Å². The molecule has 0 unspecified atom stereocenters. The van der Waals surface area contributed by atoms with E-state index in [1.54, 1.807) is 41.3 Å². The molecule has 7 heteroatoms. The maximum absolute atomic E-state index is 12.7. The summed E-state index contributed by atoms with van der Waals surface area (Å²) >= 11 is 5.90. The monoisotopic (exact) mass is 455 g/mol. The van der Waals surface area contributed by atoms with E-state index >= 15 is 0 Å². The average Bonchev–Trinajstić information content (AvgIpc) is 2.72. The number of aliphatic hydroxyl groups is 1. The third-order valence-electron chi connectivity index (χ3n) is 5.35. The number of sulfone groups is 1. The Morgan fingerprint density at radius 1 is 0.935 bits per heavy atom. The van der Waals surface area contributed by atoms with Crippen molar-refractivity contribution in [3.8, 4) is 0 Å². The van der Waals surface area contributed by atoms with Crippen LogP contribution in [0.4, 0.5) is 0 Å². The molecule has 0 atom stereocenters. The van der Waals surface area contributed by atoms with Crippen LogP contribution in [0.15, 0.2) is 83.8 Å². The first-order chi connectivity index (χ1) is 14.7. The Morgan fingerprint density at radius 3 is 2.26 bits per heavy atom. The van der Waals surface area contributed by atoms with E-state index in [1.165, 1.54) is 12.1 Å². The highest BCUT2D eigenvalue weighted by atomic mass is 35.5. The summed E-state index contributed by atoms with van der Waals surface area (Å²) in [6.45, 7) is 0.539. The molecule has 4 rings (SSSR count). The number of amides is 1. The first-order valence-electron chi connectivity index (χ1n) is 9.87. The lowest BCUT2D eigenvalue weighted by Gasteiger charge is -2.46. The minimum absolute atomic E-state index is 0.165. The predicted octanol–water partition coefficient (Wildman–Crippen LogP) is 3.74. The van der Waals surface area contributed by atoms with Gasteiger partial charge in [-0.15, -0.1) is 0 Å². The lowest BCUT2D eigenvalue weighted by atomic mass is 9.86. The second-order valence-corrected chi connectivity index (χ2v) is 10.4. The minimum atomic E-state index is -3.54. The van der Waals surface area contributed by atoms with Crippen LogP contribution < -0.4 is 0 Å². The number of halogens is 1. The summed E-state index contributed by atoms with van der Waals surface area (Å²) in [7, 11) is -3.54. The number of nitrogens with zero attached hydrogens (tertiary/aromatic N) is 1. The lowest BCUT2D eigenvalue weighted by Crippen LogP contribution is -2.64. The van der Waals surface area contributed by atoms with Gasteiger partial charge >= 0.3 is 0 Å². The Bertz CT molecular complexity index is 1190. The van der Waals surface area contributed by atoms with Crippen LogP contribution in [0.2, 0.25) is 5.02 Å².